The van der Waals surface area contributed by atoms with Crippen LogP contribution in [0.1, 0.15) is 19.8 Å². The third-order valence-electron chi connectivity index (χ3n) is 2.08. The first kappa shape index (κ1) is 9.26. The van der Waals surface area contributed by atoms with Gasteiger partial charge in [0, 0.05) is 19.1 Å². The maximum absolute atomic E-state index is 11.3. The molecule has 0 spiro atoms. The predicted octanol–water partition coefficient (Wildman–Crippen LogP) is 0.512. The topological polar surface area (TPSA) is 46.3 Å². The van der Waals surface area contributed by atoms with Crippen LogP contribution in [0.15, 0.2) is 12.2 Å². The minimum Gasteiger partial charge on any atom is -0.338 e. The first-order valence-electron chi connectivity index (χ1n) is 4.41. The van der Waals surface area contributed by atoms with E-state index in [1.165, 1.54) is 0 Å². The van der Waals surface area contributed by atoms with Crippen LogP contribution in [0.5, 0.6) is 0 Å². The van der Waals surface area contributed by atoms with E-state index < -0.39 is 0 Å². The Morgan fingerprint density at radius 1 is 1.67 bits per heavy atom. The lowest BCUT2D eigenvalue weighted by Crippen LogP contribution is -2.45. The number of allylic oxidation sites excluding steroid dienone is 1. The fourth-order valence-electron chi connectivity index (χ4n) is 1.46. The van der Waals surface area contributed by atoms with Crippen molar-refractivity contribution in [1.82, 2.24) is 4.90 Å². The van der Waals surface area contributed by atoms with Crippen molar-refractivity contribution in [2.75, 3.05) is 13.1 Å². The van der Waals surface area contributed by atoms with Crippen molar-refractivity contribution in [2.24, 2.45) is 5.73 Å². The van der Waals surface area contributed by atoms with Crippen LogP contribution in [0.4, 0.5) is 0 Å². The van der Waals surface area contributed by atoms with Gasteiger partial charge in [-0.25, -0.2) is 0 Å². The number of nitrogens with two attached hydrogens (primary N) is 1. The molecule has 1 aliphatic heterocycles. The molecule has 1 rings (SSSR count). The number of hydrogen-bond donors (Lipinski definition) is 1. The fraction of sp³-hybridized carbons (Fsp3) is 0.667. The molecule has 1 saturated heterocycles. The Morgan fingerprint density at radius 2 is 2.42 bits per heavy atom. The molecular formula is C9H16N2O. The number of rotatable bonds is 1. The molecule has 1 heterocycles. The number of piperidine rings is 1. The van der Waals surface area contributed by atoms with Crippen LogP contribution in [0, 0.1) is 0 Å². The molecule has 0 aromatic rings. The number of amides is 1. The van der Waals surface area contributed by atoms with Crippen LogP contribution >= 0.6 is 0 Å². The normalized spacial score (nSPS) is 24.8. The zero-order chi connectivity index (χ0) is 8.97. The van der Waals surface area contributed by atoms with Gasteiger partial charge in [0.15, 0.2) is 0 Å². The number of hydrogen-bond acceptors (Lipinski definition) is 2. The molecule has 68 valence electrons. The molecule has 12 heavy (non-hydrogen) atoms. The molecule has 0 radical (unpaired) electrons. The molecule has 1 atom stereocenters. The van der Waals surface area contributed by atoms with E-state index in [4.69, 9.17) is 5.73 Å². The minimum absolute atomic E-state index is 0.0904. The monoisotopic (exact) mass is 168 g/mol. The van der Waals surface area contributed by atoms with Gasteiger partial charge in [-0.3, -0.25) is 4.79 Å². The van der Waals surface area contributed by atoms with E-state index in [0.29, 0.717) is 6.54 Å². The Balaban J connectivity index is 2.45. The van der Waals surface area contributed by atoms with E-state index in [1.807, 2.05) is 11.8 Å². The Kier molecular flexibility index (Phi) is 3.29. The molecule has 2 N–H and O–H groups in total. The molecule has 0 aromatic heterocycles. The summed E-state index contributed by atoms with van der Waals surface area (Å²) in [4.78, 5) is 13.1. The highest BCUT2D eigenvalue weighted by molar-refractivity contribution is 5.87. The first-order valence-corrected chi connectivity index (χ1v) is 4.41. The van der Waals surface area contributed by atoms with Gasteiger partial charge in [0.05, 0.1) is 0 Å². The maximum Gasteiger partial charge on any atom is 0.246 e. The van der Waals surface area contributed by atoms with Gasteiger partial charge in [0.1, 0.15) is 0 Å². The van der Waals surface area contributed by atoms with E-state index in [9.17, 15) is 4.79 Å². The summed E-state index contributed by atoms with van der Waals surface area (Å²) in [6.07, 6.45) is 5.44. The average Bonchev–Trinajstić information content (AvgIpc) is 2.05. The standard InChI is InChI=1S/C9H16N2O/c1-2-4-9(12)11-6-3-5-8(10)7-11/h2,4,8H,3,5-7,10H2,1H3/b4-2+/t8-/m1/s1. The molecule has 0 aromatic carbocycles. The average molecular weight is 168 g/mol. The zero-order valence-electron chi connectivity index (χ0n) is 7.49. The third-order valence-corrected chi connectivity index (χ3v) is 2.08. The largest absolute Gasteiger partial charge is 0.338 e. The van der Waals surface area contributed by atoms with Crippen molar-refractivity contribution in [2.45, 2.75) is 25.8 Å². The predicted molar refractivity (Wildman–Crippen MR) is 48.6 cm³/mol. The molecular weight excluding hydrogens is 152 g/mol. The maximum atomic E-state index is 11.3. The highest BCUT2D eigenvalue weighted by Crippen LogP contribution is 2.08. The Morgan fingerprint density at radius 3 is 3.00 bits per heavy atom. The Bertz CT molecular complexity index is 189. The fourth-order valence-corrected chi connectivity index (χ4v) is 1.46. The number of carbonyl (C=O) groups excluding carboxylic acids is 1. The smallest absolute Gasteiger partial charge is 0.246 e. The second-order valence-electron chi connectivity index (χ2n) is 3.19. The van der Waals surface area contributed by atoms with E-state index in [-0.39, 0.29) is 11.9 Å². The van der Waals surface area contributed by atoms with E-state index in [2.05, 4.69) is 0 Å². The summed E-state index contributed by atoms with van der Waals surface area (Å²) < 4.78 is 0. The summed E-state index contributed by atoms with van der Waals surface area (Å²) in [5.74, 6) is 0.0904. The van der Waals surface area contributed by atoms with Crippen LogP contribution in [0.25, 0.3) is 0 Å². The van der Waals surface area contributed by atoms with E-state index >= 15 is 0 Å². The summed E-state index contributed by atoms with van der Waals surface area (Å²) in [5.41, 5.74) is 5.74. The molecule has 0 aliphatic carbocycles. The minimum atomic E-state index is 0.0904. The summed E-state index contributed by atoms with van der Waals surface area (Å²) in [7, 11) is 0. The van der Waals surface area contributed by atoms with Crippen molar-refractivity contribution < 1.29 is 4.79 Å². The number of carbonyl (C=O) groups is 1. The van der Waals surface area contributed by atoms with E-state index in [0.717, 1.165) is 19.4 Å². The molecule has 0 bridgehead atoms. The quantitative estimate of drug-likeness (QED) is 0.580. The van der Waals surface area contributed by atoms with Crippen molar-refractivity contribution in [1.29, 1.82) is 0 Å². The Hall–Kier alpha value is -0.830. The van der Waals surface area contributed by atoms with Crippen LogP contribution < -0.4 is 5.73 Å². The van der Waals surface area contributed by atoms with Gasteiger partial charge in [0.25, 0.3) is 0 Å². The Labute approximate surface area is 73.2 Å². The van der Waals surface area contributed by atoms with Crippen molar-refractivity contribution >= 4 is 5.91 Å². The van der Waals surface area contributed by atoms with Gasteiger partial charge in [-0.05, 0) is 25.8 Å². The SMILES string of the molecule is C/C=C/C(=O)N1CCC[C@@H](N)C1. The highest BCUT2D eigenvalue weighted by Gasteiger charge is 2.18. The lowest BCUT2D eigenvalue weighted by Gasteiger charge is -2.29. The zero-order valence-corrected chi connectivity index (χ0v) is 7.49. The number of nitrogens with zero attached hydrogens (tertiary/aromatic N) is 1. The highest BCUT2D eigenvalue weighted by atomic mass is 16.2. The molecule has 1 aliphatic rings. The molecule has 3 nitrogen and oxygen atoms in total. The van der Waals surface area contributed by atoms with Crippen molar-refractivity contribution in [3.63, 3.8) is 0 Å². The molecule has 1 fully saturated rings. The first-order chi connectivity index (χ1) is 5.74. The van der Waals surface area contributed by atoms with Crippen molar-refractivity contribution in [3.8, 4) is 0 Å². The van der Waals surface area contributed by atoms with Gasteiger partial charge < -0.3 is 10.6 Å². The second-order valence-corrected chi connectivity index (χ2v) is 3.19. The molecule has 3 heteroatoms. The van der Waals surface area contributed by atoms with Gasteiger partial charge in [0.2, 0.25) is 5.91 Å². The van der Waals surface area contributed by atoms with Gasteiger partial charge in [-0.2, -0.15) is 0 Å². The van der Waals surface area contributed by atoms with Gasteiger partial charge >= 0.3 is 0 Å². The summed E-state index contributed by atoms with van der Waals surface area (Å²) >= 11 is 0. The van der Waals surface area contributed by atoms with Crippen LogP contribution in [0.3, 0.4) is 0 Å². The summed E-state index contributed by atoms with van der Waals surface area (Å²) in [5, 5.41) is 0. The lowest BCUT2D eigenvalue weighted by atomic mass is 10.1. The lowest BCUT2D eigenvalue weighted by molar-refractivity contribution is -0.127. The van der Waals surface area contributed by atoms with Crippen LogP contribution in [-0.4, -0.2) is 29.9 Å². The molecule has 0 unspecified atom stereocenters. The van der Waals surface area contributed by atoms with Crippen molar-refractivity contribution in [3.05, 3.63) is 12.2 Å². The van der Waals surface area contributed by atoms with E-state index in [1.54, 1.807) is 12.2 Å². The third kappa shape index (κ3) is 2.34. The summed E-state index contributed by atoms with van der Waals surface area (Å²) in [6, 6.07) is 0.174. The summed E-state index contributed by atoms with van der Waals surface area (Å²) in [6.45, 7) is 3.42. The molecule has 1 amide bonds. The number of likely N-dealkylation sites (tertiary alicyclic amines) is 1. The second kappa shape index (κ2) is 4.26. The van der Waals surface area contributed by atoms with Crippen LogP contribution in [0.2, 0.25) is 0 Å². The van der Waals surface area contributed by atoms with Crippen LogP contribution in [-0.2, 0) is 4.79 Å². The van der Waals surface area contributed by atoms with Gasteiger partial charge in [-0.1, -0.05) is 6.08 Å². The molecule has 0 saturated carbocycles. The van der Waals surface area contributed by atoms with Gasteiger partial charge in [-0.15, -0.1) is 0 Å².